The van der Waals surface area contributed by atoms with E-state index >= 15 is 0 Å². The summed E-state index contributed by atoms with van der Waals surface area (Å²) in [6.07, 6.45) is -1.43. The first-order valence-electron chi connectivity index (χ1n) is 7.92. The lowest BCUT2D eigenvalue weighted by atomic mass is 9.97. The van der Waals surface area contributed by atoms with Crippen LogP contribution in [-0.2, 0) is 0 Å². The Morgan fingerprint density at radius 1 is 1.20 bits per heavy atom. The summed E-state index contributed by atoms with van der Waals surface area (Å²) in [4.78, 5) is 2.28. The number of hydrogen-bond acceptors (Lipinski definition) is 3. The molecule has 2 aliphatic rings. The monoisotopic (exact) mass is 464 g/mol. The Hall–Kier alpha value is -0.210. The van der Waals surface area contributed by atoms with Crippen molar-refractivity contribution in [1.29, 1.82) is 0 Å². The van der Waals surface area contributed by atoms with Crippen molar-refractivity contribution in [2.24, 2.45) is 5.92 Å². The maximum Gasteiger partial charge on any atom is 0.573 e. The van der Waals surface area contributed by atoms with E-state index in [1.54, 1.807) is 12.1 Å². The van der Waals surface area contributed by atoms with Gasteiger partial charge in [0.2, 0.25) is 0 Å². The fourth-order valence-corrected chi connectivity index (χ4v) is 3.51. The molecule has 0 bridgehead atoms. The van der Waals surface area contributed by atoms with Crippen molar-refractivity contribution in [1.82, 2.24) is 10.2 Å². The van der Waals surface area contributed by atoms with Crippen molar-refractivity contribution in [3.05, 3.63) is 28.2 Å². The molecule has 1 atom stereocenters. The Balaban J connectivity index is 0.00000156. The van der Waals surface area contributed by atoms with Crippen LogP contribution >= 0.6 is 40.7 Å². The molecule has 3 nitrogen and oxygen atoms in total. The quantitative estimate of drug-likeness (QED) is 0.666. The summed E-state index contributed by atoms with van der Waals surface area (Å²) in [6.45, 7) is 3.42. The Kier molecular flexibility index (Phi) is 8.81. The fraction of sp³-hybridized carbons (Fsp3) is 0.625. The van der Waals surface area contributed by atoms with E-state index in [-0.39, 0.29) is 36.6 Å². The third-order valence-corrected chi connectivity index (χ3v) is 4.90. The molecule has 1 aromatic carbocycles. The van der Waals surface area contributed by atoms with Crippen LogP contribution in [0, 0.1) is 5.92 Å². The number of halogens is 6. The van der Waals surface area contributed by atoms with E-state index in [4.69, 9.17) is 0 Å². The van der Waals surface area contributed by atoms with E-state index in [1.165, 1.54) is 18.9 Å². The molecular weight excluding hydrogens is 444 g/mol. The van der Waals surface area contributed by atoms with Crippen LogP contribution in [-0.4, -0.2) is 37.4 Å². The second-order valence-electron chi connectivity index (χ2n) is 6.21. The molecule has 0 unspecified atom stereocenters. The highest BCUT2D eigenvalue weighted by atomic mass is 79.9. The molecule has 1 saturated carbocycles. The number of hydrogen-bond donors (Lipinski definition) is 1. The van der Waals surface area contributed by atoms with Gasteiger partial charge in [0.1, 0.15) is 5.75 Å². The molecule has 144 valence electrons. The number of benzene rings is 1. The molecule has 3 rings (SSSR count). The molecule has 1 aliphatic carbocycles. The third kappa shape index (κ3) is 6.79. The number of rotatable bonds is 5. The van der Waals surface area contributed by atoms with Crippen LogP contribution in [0.1, 0.15) is 30.9 Å². The highest BCUT2D eigenvalue weighted by Gasteiger charge is 2.36. The summed E-state index contributed by atoms with van der Waals surface area (Å²) in [5, 5.41) is 3.29. The molecule has 1 N–H and O–H groups in total. The number of alkyl halides is 3. The van der Waals surface area contributed by atoms with Crippen molar-refractivity contribution in [2.75, 3.05) is 26.2 Å². The Bertz CT molecular complexity index is 553. The normalized spacial score (nSPS) is 19.5. The van der Waals surface area contributed by atoms with Crippen LogP contribution < -0.4 is 10.1 Å². The number of nitrogens with one attached hydrogen (secondary N) is 1. The lowest BCUT2D eigenvalue weighted by molar-refractivity contribution is -0.275. The highest BCUT2D eigenvalue weighted by Crippen LogP contribution is 2.43. The smallest absolute Gasteiger partial charge is 0.405 e. The fourth-order valence-electron chi connectivity index (χ4n) is 3.13. The second-order valence-corrected chi connectivity index (χ2v) is 7.13. The van der Waals surface area contributed by atoms with Gasteiger partial charge in [0, 0.05) is 42.3 Å². The first-order chi connectivity index (χ1) is 10.9. The minimum absolute atomic E-state index is 0. The lowest BCUT2D eigenvalue weighted by Gasteiger charge is -2.36. The van der Waals surface area contributed by atoms with Gasteiger partial charge in [0.15, 0.2) is 0 Å². The molecule has 9 heteroatoms. The van der Waals surface area contributed by atoms with Crippen LogP contribution in [0.2, 0.25) is 0 Å². The minimum atomic E-state index is -4.67. The molecule has 2 fully saturated rings. The van der Waals surface area contributed by atoms with E-state index < -0.39 is 6.36 Å². The van der Waals surface area contributed by atoms with Crippen molar-refractivity contribution >= 4 is 40.7 Å². The average Bonchev–Trinajstić information content (AvgIpc) is 3.30. The van der Waals surface area contributed by atoms with Gasteiger partial charge in [-0.2, -0.15) is 0 Å². The Labute approximate surface area is 166 Å². The maximum atomic E-state index is 12.7. The molecule has 0 spiro atoms. The van der Waals surface area contributed by atoms with E-state index in [9.17, 15) is 13.2 Å². The first-order valence-corrected chi connectivity index (χ1v) is 8.71. The maximum absolute atomic E-state index is 12.7. The topological polar surface area (TPSA) is 24.5 Å². The number of ether oxygens (including phenoxy) is 1. The van der Waals surface area contributed by atoms with Gasteiger partial charge in [-0.15, -0.1) is 38.0 Å². The minimum Gasteiger partial charge on any atom is -0.405 e. The van der Waals surface area contributed by atoms with E-state index in [2.05, 4.69) is 30.9 Å². The van der Waals surface area contributed by atoms with E-state index in [1.807, 2.05) is 0 Å². The molecule has 0 amide bonds. The van der Waals surface area contributed by atoms with Crippen LogP contribution in [0.25, 0.3) is 0 Å². The molecule has 0 radical (unpaired) electrons. The summed E-state index contributed by atoms with van der Waals surface area (Å²) in [7, 11) is 0. The molecule has 0 aromatic heterocycles. The summed E-state index contributed by atoms with van der Waals surface area (Å²) in [5.74, 6) is 0.539. The van der Waals surface area contributed by atoms with Gasteiger partial charge in [0.25, 0.3) is 0 Å². The molecular formula is C16H22BrCl2F3N2O. The van der Waals surface area contributed by atoms with Crippen LogP contribution in [0.15, 0.2) is 22.7 Å². The third-order valence-electron chi connectivity index (χ3n) is 4.40. The zero-order valence-electron chi connectivity index (χ0n) is 13.5. The lowest BCUT2D eigenvalue weighted by Crippen LogP contribution is -2.45. The highest BCUT2D eigenvalue weighted by molar-refractivity contribution is 9.10. The van der Waals surface area contributed by atoms with E-state index in [0.717, 1.165) is 37.1 Å². The summed E-state index contributed by atoms with van der Waals surface area (Å²) < 4.78 is 43.3. The Morgan fingerprint density at radius 2 is 1.84 bits per heavy atom. The average molecular weight is 466 g/mol. The SMILES string of the molecule is Cl.Cl.FC(F)(F)Oc1ccc(Br)cc1[C@H](CC1CC1)N1CCNCC1. The summed E-state index contributed by atoms with van der Waals surface area (Å²) in [5.41, 5.74) is 0.630. The van der Waals surface area contributed by atoms with Gasteiger partial charge in [-0.05, 0) is 30.5 Å². The van der Waals surface area contributed by atoms with Crippen molar-refractivity contribution < 1.29 is 17.9 Å². The van der Waals surface area contributed by atoms with Crippen molar-refractivity contribution in [2.45, 2.75) is 31.7 Å². The van der Waals surface area contributed by atoms with Gasteiger partial charge >= 0.3 is 6.36 Å². The largest absolute Gasteiger partial charge is 0.573 e. The number of nitrogens with zero attached hydrogens (tertiary/aromatic N) is 1. The zero-order valence-corrected chi connectivity index (χ0v) is 16.7. The summed E-state index contributed by atoms with van der Waals surface area (Å²) >= 11 is 3.38. The molecule has 1 saturated heterocycles. The van der Waals surface area contributed by atoms with Crippen LogP contribution in [0.3, 0.4) is 0 Å². The first kappa shape index (κ1) is 22.8. The predicted molar refractivity (Wildman–Crippen MR) is 99.8 cm³/mol. The number of piperazine rings is 1. The van der Waals surface area contributed by atoms with Gasteiger partial charge in [-0.1, -0.05) is 28.8 Å². The zero-order chi connectivity index (χ0) is 16.4. The Morgan fingerprint density at radius 3 is 2.40 bits per heavy atom. The van der Waals surface area contributed by atoms with Gasteiger partial charge < -0.3 is 10.1 Å². The van der Waals surface area contributed by atoms with Crippen molar-refractivity contribution in [3.63, 3.8) is 0 Å². The summed E-state index contributed by atoms with van der Waals surface area (Å²) in [6, 6.07) is 4.75. The van der Waals surface area contributed by atoms with Gasteiger partial charge in [-0.25, -0.2) is 0 Å². The molecule has 1 aromatic rings. The molecule has 25 heavy (non-hydrogen) atoms. The van der Waals surface area contributed by atoms with E-state index in [0.29, 0.717) is 11.5 Å². The van der Waals surface area contributed by atoms with Crippen LogP contribution in [0.5, 0.6) is 5.75 Å². The second kappa shape index (κ2) is 9.65. The van der Waals surface area contributed by atoms with Gasteiger partial charge in [-0.3, -0.25) is 4.90 Å². The van der Waals surface area contributed by atoms with Gasteiger partial charge in [0.05, 0.1) is 0 Å². The predicted octanol–water partition coefficient (Wildman–Crippen LogP) is 4.94. The molecule has 1 aliphatic heterocycles. The molecule has 1 heterocycles. The van der Waals surface area contributed by atoms with Crippen molar-refractivity contribution in [3.8, 4) is 5.75 Å². The van der Waals surface area contributed by atoms with Crippen LogP contribution in [0.4, 0.5) is 13.2 Å². The standard InChI is InChI=1S/C16H20BrF3N2O.2ClH/c17-12-3-4-15(23-16(18,19)20)13(10-12)14(9-11-1-2-11)22-7-5-21-6-8-22;;/h3-4,10-11,14,21H,1-2,5-9H2;2*1H/t14-;;/m0../s1.